The zero-order valence-corrected chi connectivity index (χ0v) is 33.7. The number of rotatable bonds is 10. The van der Waals surface area contributed by atoms with Crippen molar-refractivity contribution in [2.45, 2.75) is 57.6 Å². The number of halogens is 2. The van der Waals surface area contributed by atoms with Gasteiger partial charge in [-0.05, 0) is 84.8 Å². The van der Waals surface area contributed by atoms with Crippen LogP contribution in [0.4, 0.5) is 16.0 Å². The van der Waals surface area contributed by atoms with Gasteiger partial charge in [-0.2, -0.15) is 5.26 Å². The number of nitrogens with one attached hydrogen (secondary N) is 1. The number of nitriles is 1. The van der Waals surface area contributed by atoms with Gasteiger partial charge in [0.05, 0.1) is 34.1 Å². The molecule has 304 valence electrons. The minimum absolute atomic E-state index is 0.00595. The number of imide groups is 2. The van der Waals surface area contributed by atoms with Crippen LogP contribution in [-0.2, 0) is 21.6 Å². The van der Waals surface area contributed by atoms with E-state index < -0.39 is 35.5 Å². The highest BCUT2D eigenvalue weighted by atomic mass is 35.5. The fourth-order valence-electron chi connectivity index (χ4n) is 8.58. The zero-order valence-electron chi connectivity index (χ0n) is 32.9. The molecule has 4 aliphatic heterocycles. The molecule has 8 rings (SSSR count). The van der Waals surface area contributed by atoms with Gasteiger partial charge < -0.3 is 14.5 Å². The Labute approximate surface area is 346 Å². The maximum absolute atomic E-state index is 15.0. The zero-order chi connectivity index (χ0) is 41.4. The summed E-state index contributed by atoms with van der Waals surface area (Å²) in [4.78, 5) is 68.0. The highest BCUT2D eigenvalue weighted by Gasteiger charge is 2.47. The molecular formula is C44H44ClFN8O5. The lowest BCUT2D eigenvalue weighted by atomic mass is 9.78. The molecule has 5 heterocycles. The van der Waals surface area contributed by atoms with E-state index in [0.717, 1.165) is 73.0 Å². The standard InChI is InChI=1S/C44H44ClFN8O5/c1-44(2,30-21-28(24-47)22-31(45)23-30)29-3-5-33(6-4-29)59-26-32-11-14-48-43(49-32)53-15-12-27(13-16-53)25-51-17-19-52(20-18-51)35-8-7-34(46)38-39(35)42(58)54(41(38)57)36-9-10-37(55)50-40(36)56/h3-8,11,14,21-23,27,36H,9-10,12-13,15-20,25-26H2,1-2H3,(H,50,55,56). The molecule has 13 nitrogen and oxygen atoms in total. The van der Waals surface area contributed by atoms with Crippen molar-refractivity contribution in [3.63, 3.8) is 0 Å². The number of nitrogens with zero attached hydrogens (tertiary/aromatic N) is 7. The van der Waals surface area contributed by atoms with Crippen molar-refractivity contribution >= 4 is 46.9 Å². The molecule has 4 aromatic rings. The Morgan fingerprint density at radius 1 is 0.881 bits per heavy atom. The highest BCUT2D eigenvalue weighted by molar-refractivity contribution is 6.30. The first-order valence-corrected chi connectivity index (χ1v) is 20.3. The lowest BCUT2D eigenvalue weighted by molar-refractivity contribution is -0.136. The van der Waals surface area contributed by atoms with Gasteiger partial charge in [0.2, 0.25) is 17.8 Å². The summed E-state index contributed by atoms with van der Waals surface area (Å²) < 4.78 is 21.2. The molecule has 3 fully saturated rings. The van der Waals surface area contributed by atoms with Crippen LogP contribution in [0, 0.1) is 23.1 Å². The summed E-state index contributed by atoms with van der Waals surface area (Å²) in [6.45, 7) is 9.74. The fourth-order valence-corrected chi connectivity index (χ4v) is 8.81. The van der Waals surface area contributed by atoms with Gasteiger partial charge in [-0.3, -0.25) is 34.3 Å². The van der Waals surface area contributed by atoms with Crippen LogP contribution < -0.4 is 19.9 Å². The molecule has 3 aromatic carbocycles. The smallest absolute Gasteiger partial charge is 0.265 e. The third-order valence-corrected chi connectivity index (χ3v) is 12.3. The summed E-state index contributed by atoms with van der Waals surface area (Å²) in [6, 6.07) is 19.0. The van der Waals surface area contributed by atoms with Gasteiger partial charge in [0.1, 0.15) is 24.2 Å². The van der Waals surface area contributed by atoms with Gasteiger partial charge in [-0.1, -0.05) is 37.6 Å². The summed E-state index contributed by atoms with van der Waals surface area (Å²) in [5, 5.41) is 12.1. The maximum Gasteiger partial charge on any atom is 0.265 e. The van der Waals surface area contributed by atoms with Crippen molar-refractivity contribution in [1.29, 1.82) is 5.26 Å². The summed E-state index contributed by atoms with van der Waals surface area (Å²) in [6.07, 6.45) is 3.74. The lowest BCUT2D eigenvalue weighted by Crippen LogP contribution is -2.54. The monoisotopic (exact) mass is 818 g/mol. The van der Waals surface area contributed by atoms with Gasteiger partial charge >= 0.3 is 0 Å². The maximum atomic E-state index is 15.0. The van der Waals surface area contributed by atoms with E-state index in [9.17, 15) is 24.4 Å². The van der Waals surface area contributed by atoms with Crippen LogP contribution >= 0.6 is 11.6 Å². The molecule has 0 radical (unpaired) electrons. The quantitative estimate of drug-likeness (QED) is 0.203. The highest BCUT2D eigenvalue weighted by Crippen LogP contribution is 2.37. The molecule has 0 bridgehead atoms. The van der Waals surface area contributed by atoms with E-state index in [1.165, 1.54) is 12.1 Å². The number of ether oxygens (including phenoxy) is 1. The number of carbonyl (C=O) groups is 4. The van der Waals surface area contributed by atoms with Crippen molar-refractivity contribution in [3.05, 3.63) is 111 Å². The molecule has 0 saturated carbocycles. The molecule has 15 heteroatoms. The van der Waals surface area contributed by atoms with E-state index in [0.29, 0.717) is 47.8 Å². The average Bonchev–Trinajstić information content (AvgIpc) is 3.50. The Morgan fingerprint density at radius 2 is 1.61 bits per heavy atom. The first kappa shape index (κ1) is 39.9. The third kappa shape index (κ3) is 8.09. The van der Waals surface area contributed by atoms with Crippen LogP contribution in [-0.4, -0.2) is 95.3 Å². The molecule has 3 saturated heterocycles. The van der Waals surface area contributed by atoms with Crippen LogP contribution in [0.1, 0.15) is 82.6 Å². The van der Waals surface area contributed by atoms with Crippen LogP contribution in [0.5, 0.6) is 5.75 Å². The van der Waals surface area contributed by atoms with Crippen molar-refractivity contribution in [2.24, 2.45) is 5.92 Å². The summed E-state index contributed by atoms with van der Waals surface area (Å²) in [5.41, 5.74) is 3.12. The Hall–Kier alpha value is -5.91. The molecule has 1 N–H and O–H groups in total. The van der Waals surface area contributed by atoms with E-state index in [1.54, 1.807) is 12.3 Å². The number of aromatic nitrogens is 2. The Bertz CT molecular complexity index is 2350. The summed E-state index contributed by atoms with van der Waals surface area (Å²) in [7, 11) is 0. The number of piperazine rings is 1. The summed E-state index contributed by atoms with van der Waals surface area (Å²) >= 11 is 6.29. The topological polar surface area (TPSA) is 152 Å². The van der Waals surface area contributed by atoms with E-state index in [1.807, 2.05) is 47.4 Å². The van der Waals surface area contributed by atoms with Gasteiger partial charge in [0, 0.05) is 68.9 Å². The van der Waals surface area contributed by atoms with Crippen LogP contribution in [0.2, 0.25) is 5.02 Å². The minimum Gasteiger partial charge on any atom is -0.487 e. The Balaban J connectivity index is 0.818. The first-order chi connectivity index (χ1) is 28.4. The van der Waals surface area contributed by atoms with Crippen LogP contribution in [0.3, 0.4) is 0 Å². The van der Waals surface area contributed by atoms with E-state index in [2.05, 4.69) is 40.0 Å². The predicted octanol–water partition coefficient (Wildman–Crippen LogP) is 5.49. The van der Waals surface area contributed by atoms with Crippen molar-refractivity contribution in [2.75, 3.05) is 55.6 Å². The minimum atomic E-state index is -1.16. The molecule has 1 unspecified atom stereocenters. The SMILES string of the molecule is CC(C)(c1ccc(OCc2ccnc(N3CCC(CN4CCN(c5ccc(F)c6c5C(=O)N(C5CCC(=O)NC5=O)C6=O)CC4)CC3)n2)cc1)c1cc(Cl)cc(C#N)c1. The van der Waals surface area contributed by atoms with E-state index >= 15 is 4.39 Å². The van der Waals surface area contributed by atoms with Crippen LogP contribution in [0.15, 0.2) is 66.9 Å². The fraction of sp³-hybridized carbons (Fsp3) is 0.386. The molecule has 1 aromatic heterocycles. The second-order valence-electron chi connectivity index (χ2n) is 16.1. The number of hydrogen-bond donors (Lipinski definition) is 1. The first-order valence-electron chi connectivity index (χ1n) is 19.9. The molecule has 0 aliphatic carbocycles. The molecule has 59 heavy (non-hydrogen) atoms. The normalized spacial score (nSPS) is 19.2. The van der Waals surface area contributed by atoms with Crippen molar-refractivity contribution in [1.82, 2.24) is 25.1 Å². The average molecular weight is 819 g/mol. The number of benzene rings is 3. The molecule has 4 amide bonds. The second kappa shape index (κ2) is 16.4. The number of anilines is 2. The molecule has 1 atom stereocenters. The van der Waals surface area contributed by atoms with Gasteiger partial charge in [0.15, 0.2) is 0 Å². The van der Waals surface area contributed by atoms with E-state index in [4.69, 9.17) is 21.3 Å². The number of fused-ring (bicyclic) bond motifs is 1. The number of carbonyl (C=O) groups excluding carboxylic acids is 4. The predicted molar refractivity (Wildman–Crippen MR) is 218 cm³/mol. The van der Waals surface area contributed by atoms with Crippen molar-refractivity contribution in [3.8, 4) is 11.8 Å². The lowest BCUT2D eigenvalue weighted by Gasteiger charge is -2.40. The van der Waals surface area contributed by atoms with Gasteiger partial charge in [-0.25, -0.2) is 14.4 Å². The van der Waals surface area contributed by atoms with Crippen molar-refractivity contribution < 1.29 is 28.3 Å². The third-order valence-electron chi connectivity index (χ3n) is 12.1. The van der Waals surface area contributed by atoms with Gasteiger partial charge in [0.25, 0.3) is 11.8 Å². The summed E-state index contributed by atoms with van der Waals surface area (Å²) in [5.74, 6) is -1.65. The number of amides is 4. The number of hydrogen-bond acceptors (Lipinski definition) is 11. The molecule has 4 aliphatic rings. The molecule has 0 spiro atoms. The Morgan fingerprint density at radius 3 is 2.32 bits per heavy atom. The Kier molecular flexibility index (Phi) is 11.1. The largest absolute Gasteiger partial charge is 0.487 e. The number of piperidine rings is 2. The second-order valence-corrected chi connectivity index (χ2v) is 16.5. The van der Waals surface area contributed by atoms with Crippen LogP contribution in [0.25, 0.3) is 0 Å². The van der Waals surface area contributed by atoms with E-state index in [-0.39, 0.29) is 29.4 Å². The van der Waals surface area contributed by atoms with Gasteiger partial charge in [-0.15, -0.1) is 0 Å². The molecular weight excluding hydrogens is 775 g/mol.